The lowest BCUT2D eigenvalue weighted by molar-refractivity contribution is -0.142. The van der Waals surface area contributed by atoms with E-state index in [-0.39, 0.29) is 18.7 Å². The first-order chi connectivity index (χ1) is 11.6. The molecule has 1 aromatic carbocycles. The zero-order valence-corrected chi connectivity index (χ0v) is 14.1. The van der Waals surface area contributed by atoms with Crippen molar-refractivity contribution in [2.75, 3.05) is 13.2 Å². The Kier molecular flexibility index (Phi) is 5.06. The Balaban J connectivity index is 1.83. The van der Waals surface area contributed by atoms with Crippen molar-refractivity contribution >= 4 is 23.6 Å². The lowest BCUT2D eigenvalue weighted by Gasteiger charge is -2.28. The molecule has 24 heavy (non-hydrogen) atoms. The second kappa shape index (κ2) is 7.23. The van der Waals surface area contributed by atoms with Crippen LogP contribution in [0.2, 0.25) is 5.02 Å². The first-order valence-electron chi connectivity index (χ1n) is 7.87. The second-order valence-electron chi connectivity index (χ2n) is 5.83. The number of hydrogen-bond acceptors (Lipinski definition) is 4. The SMILES string of the molecule is CC1=C(C(=O)OCC2CCCO2)C(c2ccccc2Cl)NC(=O)N1. The van der Waals surface area contributed by atoms with Crippen molar-refractivity contribution in [3.63, 3.8) is 0 Å². The van der Waals surface area contributed by atoms with E-state index >= 15 is 0 Å². The van der Waals surface area contributed by atoms with Gasteiger partial charge in [0.25, 0.3) is 0 Å². The van der Waals surface area contributed by atoms with Gasteiger partial charge in [-0.15, -0.1) is 0 Å². The van der Waals surface area contributed by atoms with Crippen LogP contribution in [0.25, 0.3) is 0 Å². The first kappa shape index (κ1) is 16.8. The van der Waals surface area contributed by atoms with Crippen LogP contribution in [0.4, 0.5) is 4.79 Å². The monoisotopic (exact) mass is 350 g/mol. The molecule has 0 radical (unpaired) electrons. The maximum Gasteiger partial charge on any atom is 0.338 e. The topological polar surface area (TPSA) is 76.7 Å². The fourth-order valence-corrected chi connectivity index (χ4v) is 3.17. The molecule has 6 nitrogen and oxygen atoms in total. The van der Waals surface area contributed by atoms with Gasteiger partial charge in [0, 0.05) is 17.3 Å². The molecular formula is C17H19ClN2O4. The fraction of sp³-hybridized carbons (Fsp3) is 0.412. The Hall–Kier alpha value is -2.05. The molecule has 128 valence electrons. The summed E-state index contributed by atoms with van der Waals surface area (Å²) in [6.07, 6.45) is 1.80. The number of amides is 2. The molecule has 0 bridgehead atoms. The van der Waals surface area contributed by atoms with E-state index in [0.717, 1.165) is 12.8 Å². The summed E-state index contributed by atoms with van der Waals surface area (Å²) < 4.78 is 10.9. The molecule has 1 fully saturated rings. The van der Waals surface area contributed by atoms with E-state index in [4.69, 9.17) is 21.1 Å². The van der Waals surface area contributed by atoms with Crippen LogP contribution in [0, 0.1) is 0 Å². The number of urea groups is 1. The molecule has 0 saturated carbocycles. The molecule has 0 spiro atoms. The Morgan fingerprint density at radius 2 is 2.21 bits per heavy atom. The zero-order valence-electron chi connectivity index (χ0n) is 13.3. The zero-order chi connectivity index (χ0) is 17.1. The summed E-state index contributed by atoms with van der Waals surface area (Å²) >= 11 is 6.24. The molecule has 2 aliphatic heterocycles. The molecule has 2 unspecified atom stereocenters. The molecule has 3 rings (SSSR count). The largest absolute Gasteiger partial charge is 0.459 e. The third-order valence-corrected chi connectivity index (χ3v) is 4.47. The lowest BCUT2D eigenvalue weighted by atomic mass is 9.95. The number of carbonyl (C=O) groups excluding carboxylic acids is 2. The number of rotatable bonds is 4. The van der Waals surface area contributed by atoms with Crippen LogP contribution in [0.15, 0.2) is 35.5 Å². The number of nitrogens with one attached hydrogen (secondary N) is 2. The molecule has 2 heterocycles. The van der Waals surface area contributed by atoms with Crippen LogP contribution >= 0.6 is 11.6 Å². The minimum Gasteiger partial charge on any atom is -0.459 e. The predicted octanol–water partition coefficient (Wildman–Crippen LogP) is 2.69. The minimum absolute atomic E-state index is 0.0558. The molecule has 1 saturated heterocycles. The van der Waals surface area contributed by atoms with Gasteiger partial charge < -0.3 is 20.1 Å². The van der Waals surface area contributed by atoms with Gasteiger partial charge in [-0.3, -0.25) is 0 Å². The third kappa shape index (κ3) is 3.55. The van der Waals surface area contributed by atoms with Crippen molar-refractivity contribution in [2.24, 2.45) is 0 Å². The average molecular weight is 351 g/mol. The van der Waals surface area contributed by atoms with Gasteiger partial charge in [-0.1, -0.05) is 29.8 Å². The standard InChI is InChI=1S/C17H19ClN2O4/c1-10-14(16(21)24-9-11-5-4-8-23-11)15(20-17(22)19-10)12-6-2-3-7-13(12)18/h2-3,6-7,11,15H,4-5,8-9H2,1H3,(H2,19,20,22). The molecule has 2 amide bonds. The second-order valence-corrected chi connectivity index (χ2v) is 6.23. The molecular weight excluding hydrogens is 332 g/mol. The fourth-order valence-electron chi connectivity index (χ4n) is 2.93. The Labute approximate surface area is 145 Å². The Morgan fingerprint density at radius 3 is 2.92 bits per heavy atom. The molecule has 2 aliphatic rings. The van der Waals surface area contributed by atoms with Crippen molar-refractivity contribution in [1.29, 1.82) is 0 Å². The summed E-state index contributed by atoms with van der Waals surface area (Å²) in [5.74, 6) is -0.486. The summed E-state index contributed by atoms with van der Waals surface area (Å²) in [7, 11) is 0. The maximum absolute atomic E-state index is 12.6. The highest BCUT2D eigenvalue weighted by molar-refractivity contribution is 6.31. The van der Waals surface area contributed by atoms with E-state index in [9.17, 15) is 9.59 Å². The van der Waals surface area contributed by atoms with Gasteiger partial charge in [0.15, 0.2) is 0 Å². The van der Waals surface area contributed by atoms with Gasteiger partial charge in [0.1, 0.15) is 6.61 Å². The van der Waals surface area contributed by atoms with Crippen LogP contribution in [0.3, 0.4) is 0 Å². The Morgan fingerprint density at radius 1 is 1.42 bits per heavy atom. The van der Waals surface area contributed by atoms with Crippen LogP contribution in [-0.2, 0) is 14.3 Å². The predicted molar refractivity (Wildman–Crippen MR) is 88.5 cm³/mol. The van der Waals surface area contributed by atoms with Crippen LogP contribution in [-0.4, -0.2) is 31.3 Å². The molecule has 1 aromatic rings. The van der Waals surface area contributed by atoms with Crippen molar-refractivity contribution in [2.45, 2.75) is 31.9 Å². The van der Waals surface area contributed by atoms with Gasteiger partial charge in [0.05, 0.1) is 17.7 Å². The van der Waals surface area contributed by atoms with E-state index < -0.39 is 12.0 Å². The lowest BCUT2D eigenvalue weighted by Crippen LogP contribution is -2.45. The summed E-state index contributed by atoms with van der Waals surface area (Å²) in [6.45, 7) is 2.58. The van der Waals surface area contributed by atoms with Crippen LogP contribution in [0.1, 0.15) is 31.4 Å². The highest BCUT2D eigenvalue weighted by Gasteiger charge is 2.33. The van der Waals surface area contributed by atoms with E-state index in [2.05, 4.69) is 10.6 Å². The number of halogens is 1. The number of carbonyl (C=O) groups is 2. The summed E-state index contributed by atoms with van der Waals surface area (Å²) in [4.78, 5) is 24.4. The number of allylic oxidation sites excluding steroid dienone is 1. The maximum atomic E-state index is 12.6. The number of esters is 1. The first-order valence-corrected chi connectivity index (χ1v) is 8.25. The quantitative estimate of drug-likeness (QED) is 0.818. The molecule has 2 atom stereocenters. The molecule has 0 aliphatic carbocycles. The van der Waals surface area contributed by atoms with Crippen molar-refractivity contribution in [1.82, 2.24) is 10.6 Å². The average Bonchev–Trinajstić information content (AvgIpc) is 3.06. The Bertz CT molecular complexity index is 683. The van der Waals surface area contributed by atoms with E-state index in [1.165, 1.54) is 0 Å². The molecule has 2 N–H and O–H groups in total. The number of benzene rings is 1. The smallest absolute Gasteiger partial charge is 0.338 e. The molecule has 0 aromatic heterocycles. The van der Waals surface area contributed by atoms with Gasteiger partial charge in [-0.05, 0) is 31.4 Å². The summed E-state index contributed by atoms with van der Waals surface area (Å²) in [5, 5.41) is 5.82. The van der Waals surface area contributed by atoms with E-state index in [1.807, 2.05) is 0 Å². The van der Waals surface area contributed by atoms with Crippen molar-refractivity contribution in [3.05, 3.63) is 46.1 Å². The number of ether oxygens (including phenoxy) is 2. The van der Waals surface area contributed by atoms with Gasteiger partial charge in [-0.25, -0.2) is 9.59 Å². The third-order valence-electron chi connectivity index (χ3n) is 4.13. The normalized spacial score (nSPS) is 23.7. The van der Waals surface area contributed by atoms with Crippen LogP contribution < -0.4 is 10.6 Å². The van der Waals surface area contributed by atoms with Crippen molar-refractivity contribution in [3.8, 4) is 0 Å². The van der Waals surface area contributed by atoms with Gasteiger partial charge >= 0.3 is 12.0 Å². The molecule has 7 heteroatoms. The van der Waals surface area contributed by atoms with E-state index in [1.54, 1.807) is 31.2 Å². The van der Waals surface area contributed by atoms with Crippen LogP contribution in [0.5, 0.6) is 0 Å². The highest BCUT2D eigenvalue weighted by Crippen LogP contribution is 2.32. The minimum atomic E-state index is -0.649. The summed E-state index contributed by atoms with van der Waals surface area (Å²) in [5.41, 5.74) is 1.46. The number of hydrogen-bond donors (Lipinski definition) is 2. The van der Waals surface area contributed by atoms with Gasteiger partial charge in [-0.2, -0.15) is 0 Å². The highest BCUT2D eigenvalue weighted by atomic mass is 35.5. The van der Waals surface area contributed by atoms with Crippen molar-refractivity contribution < 1.29 is 19.1 Å². The van der Waals surface area contributed by atoms with Gasteiger partial charge in [0.2, 0.25) is 0 Å². The summed E-state index contributed by atoms with van der Waals surface area (Å²) in [6, 6.07) is 6.06. The van der Waals surface area contributed by atoms with E-state index in [0.29, 0.717) is 28.5 Å².